The van der Waals surface area contributed by atoms with E-state index in [1.165, 1.54) is 0 Å². The molecule has 3 aliphatic rings. The lowest BCUT2D eigenvalue weighted by atomic mass is 9.57. The van der Waals surface area contributed by atoms with Crippen molar-refractivity contribution in [1.82, 2.24) is 20.1 Å². The topological polar surface area (TPSA) is 80.3 Å². The van der Waals surface area contributed by atoms with E-state index in [0.717, 1.165) is 56.4 Å². The number of rotatable bonds is 4. The normalized spacial score (nSPS) is 21.8. The number of nitrogens with zero attached hydrogens (tertiary/aromatic N) is 3. The van der Waals surface area contributed by atoms with E-state index in [9.17, 15) is 4.79 Å². The highest BCUT2D eigenvalue weighted by atomic mass is 16.6. The van der Waals surface area contributed by atoms with Crippen LogP contribution < -0.4 is 0 Å². The first-order valence-electron chi connectivity index (χ1n) is 9.16. The molecule has 2 aliphatic heterocycles. The van der Waals surface area contributed by atoms with Crippen LogP contribution >= 0.6 is 0 Å². The van der Waals surface area contributed by atoms with Gasteiger partial charge in [-0.2, -0.15) is 5.10 Å². The number of carbonyl (C=O) groups excluding carboxylic acids is 1. The highest BCUT2D eigenvalue weighted by Crippen LogP contribution is 2.55. The summed E-state index contributed by atoms with van der Waals surface area (Å²) in [5.41, 5.74) is 1.26. The Morgan fingerprint density at radius 2 is 2.00 bits per heavy atom. The third-order valence-corrected chi connectivity index (χ3v) is 5.78. The van der Waals surface area contributed by atoms with Gasteiger partial charge in [-0.05, 0) is 18.4 Å². The molecule has 1 N–H and O–H groups in total. The molecule has 1 aliphatic carbocycles. The van der Waals surface area contributed by atoms with Crippen molar-refractivity contribution in [2.45, 2.75) is 31.3 Å². The monoisotopic (exact) mass is 354 g/mol. The molecule has 0 atom stereocenters. The highest BCUT2D eigenvalue weighted by Gasteiger charge is 2.55. The molecule has 0 unspecified atom stereocenters. The molecule has 1 aromatic carbocycles. The van der Waals surface area contributed by atoms with E-state index in [0.29, 0.717) is 18.4 Å². The molecule has 5 rings (SSSR count). The van der Waals surface area contributed by atoms with E-state index in [4.69, 9.17) is 9.47 Å². The zero-order valence-corrected chi connectivity index (χ0v) is 14.6. The van der Waals surface area contributed by atoms with Crippen molar-refractivity contribution in [2.75, 3.05) is 26.3 Å². The van der Waals surface area contributed by atoms with Gasteiger partial charge in [0, 0.05) is 24.4 Å². The second kappa shape index (κ2) is 6.09. The minimum absolute atomic E-state index is 0.213. The lowest BCUT2D eigenvalue weighted by molar-refractivity contribution is -0.0673. The smallest absolute Gasteiger partial charge is 0.410 e. The number of carbonyl (C=O) groups is 1. The molecule has 7 nitrogen and oxygen atoms in total. The van der Waals surface area contributed by atoms with Gasteiger partial charge < -0.3 is 14.4 Å². The van der Waals surface area contributed by atoms with Gasteiger partial charge >= 0.3 is 6.09 Å². The highest BCUT2D eigenvalue weighted by molar-refractivity contribution is 5.69. The SMILES string of the molecule is O=C(OCc1ccccc1)N1CC2(CC(c3nc(C4COC4)n[nH]3)C2)C1. The van der Waals surface area contributed by atoms with Crippen LogP contribution in [-0.2, 0) is 16.1 Å². The van der Waals surface area contributed by atoms with Crippen LogP contribution in [0.4, 0.5) is 4.79 Å². The molecule has 26 heavy (non-hydrogen) atoms. The zero-order chi connectivity index (χ0) is 17.6. The Hall–Kier alpha value is -2.41. The predicted octanol–water partition coefficient (Wildman–Crippen LogP) is 2.43. The number of H-pyrrole nitrogens is 1. The summed E-state index contributed by atoms with van der Waals surface area (Å²) >= 11 is 0. The summed E-state index contributed by atoms with van der Waals surface area (Å²) in [4.78, 5) is 18.6. The Morgan fingerprint density at radius 1 is 1.23 bits per heavy atom. The minimum Gasteiger partial charge on any atom is -0.445 e. The van der Waals surface area contributed by atoms with Crippen molar-refractivity contribution < 1.29 is 14.3 Å². The van der Waals surface area contributed by atoms with Crippen molar-refractivity contribution >= 4 is 6.09 Å². The van der Waals surface area contributed by atoms with Gasteiger partial charge in [0.25, 0.3) is 0 Å². The van der Waals surface area contributed by atoms with Crippen molar-refractivity contribution in [3.05, 3.63) is 47.5 Å². The van der Waals surface area contributed by atoms with Crippen molar-refractivity contribution in [2.24, 2.45) is 5.41 Å². The van der Waals surface area contributed by atoms with Gasteiger partial charge in [-0.3, -0.25) is 5.10 Å². The fourth-order valence-corrected chi connectivity index (χ4v) is 4.18. The molecule has 1 amide bonds. The molecule has 136 valence electrons. The van der Waals surface area contributed by atoms with Crippen LogP contribution in [0.5, 0.6) is 0 Å². The third-order valence-electron chi connectivity index (χ3n) is 5.78. The molecule has 1 saturated carbocycles. The molecule has 3 heterocycles. The molecular weight excluding hydrogens is 332 g/mol. The van der Waals surface area contributed by atoms with E-state index < -0.39 is 0 Å². The summed E-state index contributed by atoms with van der Waals surface area (Å²) in [6.45, 7) is 3.36. The molecular formula is C19H22N4O3. The number of hydrogen-bond acceptors (Lipinski definition) is 5. The van der Waals surface area contributed by atoms with E-state index in [1.54, 1.807) is 4.90 Å². The molecule has 1 aromatic heterocycles. The van der Waals surface area contributed by atoms with E-state index in [-0.39, 0.29) is 11.5 Å². The van der Waals surface area contributed by atoms with Gasteiger partial charge in [-0.25, -0.2) is 9.78 Å². The van der Waals surface area contributed by atoms with Crippen LogP contribution in [0, 0.1) is 5.41 Å². The number of aromatic nitrogens is 3. The van der Waals surface area contributed by atoms with Gasteiger partial charge in [0.05, 0.1) is 19.1 Å². The molecule has 2 aromatic rings. The van der Waals surface area contributed by atoms with Gasteiger partial charge in [-0.1, -0.05) is 30.3 Å². The number of nitrogens with one attached hydrogen (secondary N) is 1. The van der Waals surface area contributed by atoms with Crippen LogP contribution in [-0.4, -0.2) is 52.5 Å². The van der Waals surface area contributed by atoms with Gasteiger partial charge in [0.2, 0.25) is 0 Å². The maximum absolute atomic E-state index is 12.2. The number of benzene rings is 1. The first kappa shape index (κ1) is 15.8. The van der Waals surface area contributed by atoms with Gasteiger partial charge in [0.15, 0.2) is 5.82 Å². The van der Waals surface area contributed by atoms with Crippen molar-refractivity contribution in [3.8, 4) is 0 Å². The van der Waals surface area contributed by atoms with Gasteiger partial charge in [-0.15, -0.1) is 0 Å². The Kier molecular flexibility index (Phi) is 3.70. The minimum atomic E-state index is -0.213. The molecule has 0 radical (unpaired) electrons. The largest absolute Gasteiger partial charge is 0.445 e. The first-order chi connectivity index (χ1) is 12.7. The summed E-state index contributed by atoms with van der Waals surface area (Å²) in [6.07, 6.45) is 1.91. The predicted molar refractivity (Wildman–Crippen MR) is 92.6 cm³/mol. The molecule has 3 fully saturated rings. The Balaban J connectivity index is 1.09. The Morgan fingerprint density at radius 3 is 2.69 bits per heavy atom. The molecule has 2 saturated heterocycles. The summed E-state index contributed by atoms with van der Waals surface area (Å²) in [7, 11) is 0. The number of ether oxygens (including phenoxy) is 2. The third kappa shape index (κ3) is 2.76. The maximum Gasteiger partial charge on any atom is 0.410 e. The fraction of sp³-hybridized carbons (Fsp3) is 0.526. The molecule has 0 bridgehead atoms. The fourth-order valence-electron chi connectivity index (χ4n) is 4.18. The van der Waals surface area contributed by atoms with Crippen LogP contribution in [0.1, 0.15) is 41.9 Å². The maximum atomic E-state index is 12.2. The van der Waals surface area contributed by atoms with E-state index in [2.05, 4.69) is 15.2 Å². The van der Waals surface area contributed by atoms with Crippen LogP contribution in [0.25, 0.3) is 0 Å². The lowest BCUT2D eigenvalue weighted by Gasteiger charge is -2.57. The number of hydrogen-bond donors (Lipinski definition) is 1. The number of amides is 1. The van der Waals surface area contributed by atoms with Crippen molar-refractivity contribution in [1.29, 1.82) is 0 Å². The Labute approximate surface area is 151 Å². The second-order valence-electron chi connectivity index (χ2n) is 7.81. The molecule has 1 spiro atoms. The number of aromatic amines is 1. The summed E-state index contributed by atoms with van der Waals surface area (Å²) in [6, 6.07) is 9.77. The average Bonchev–Trinajstić information content (AvgIpc) is 2.98. The molecule has 7 heteroatoms. The van der Waals surface area contributed by atoms with Gasteiger partial charge in [0.1, 0.15) is 12.4 Å². The van der Waals surface area contributed by atoms with Crippen LogP contribution in [0.3, 0.4) is 0 Å². The second-order valence-corrected chi connectivity index (χ2v) is 7.81. The summed E-state index contributed by atoms with van der Waals surface area (Å²) in [5, 5.41) is 7.42. The van der Waals surface area contributed by atoms with Crippen molar-refractivity contribution in [3.63, 3.8) is 0 Å². The standard InChI is InChI=1S/C19H22N4O3/c24-18(26-8-13-4-2-1-3-5-13)23-11-19(12-23)6-14(7-19)16-20-17(22-21-16)15-9-25-10-15/h1-5,14-15H,6-12H2,(H,20,21,22). The zero-order valence-electron chi connectivity index (χ0n) is 14.6. The lowest BCUT2D eigenvalue weighted by Crippen LogP contribution is -2.63. The Bertz CT molecular complexity index is 788. The first-order valence-corrected chi connectivity index (χ1v) is 9.16. The van der Waals surface area contributed by atoms with E-state index >= 15 is 0 Å². The summed E-state index contributed by atoms with van der Waals surface area (Å²) < 4.78 is 10.6. The van der Waals surface area contributed by atoms with E-state index in [1.807, 2.05) is 30.3 Å². The summed E-state index contributed by atoms with van der Waals surface area (Å²) in [5.74, 6) is 2.65. The van der Waals surface area contributed by atoms with Crippen LogP contribution in [0.15, 0.2) is 30.3 Å². The average molecular weight is 354 g/mol. The van der Waals surface area contributed by atoms with Crippen LogP contribution in [0.2, 0.25) is 0 Å². The quantitative estimate of drug-likeness (QED) is 0.912. The number of likely N-dealkylation sites (tertiary alicyclic amines) is 1.